The lowest BCUT2D eigenvalue weighted by atomic mass is 9.98. The van der Waals surface area contributed by atoms with Crippen LogP contribution >= 0.6 is 0 Å². The number of hydrogen-bond acceptors (Lipinski definition) is 12. The number of aromatic hydroxyl groups is 1. The molecule has 0 radical (unpaired) electrons. The monoisotopic (exact) mass is 530 g/mol. The molecule has 2 aliphatic heterocycles. The van der Waals surface area contributed by atoms with Gasteiger partial charge in [-0.15, -0.1) is 0 Å². The fraction of sp³-hybridized carbons (Fsp3) is 0.625. The minimum Gasteiger partial charge on any atom is -0.508 e. The van der Waals surface area contributed by atoms with Crippen molar-refractivity contribution in [1.29, 1.82) is 0 Å². The Morgan fingerprint density at radius 1 is 0.946 bits per heavy atom. The number of carboxylic acids is 1. The first-order valence-corrected chi connectivity index (χ1v) is 11.7. The third kappa shape index (κ3) is 6.39. The fourth-order valence-electron chi connectivity index (χ4n) is 4.04. The standard InChI is InChI=1S/C24H34O13/c1-9(22(32)33)4-5-12-10(2)13(25)6-7-14(12)36-24-21(31)19(29)17(27)15(37-24)8-34-23-20(30)18(28)16(26)11(3)35-23/h4,6-7,11,15-21,23-31H,5,8H2,1-3H3,(H,32,33)/b9-4+/t11-,15+,16-,17+,18+,19-,20+,21+,23+,24+/m0/s1. The second-order valence-electron chi connectivity index (χ2n) is 9.23. The molecule has 1 aromatic carbocycles. The first kappa shape index (κ1) is 29.2. The van der Waals surface area contributed by atoms with Gasteiger partial charge >= 0.3 is 5.97 Å². The number of aliphatic hydroxyl groups is 6. The average Bonchev–Trinajstić information content (AvgIpc) is 2.86. The van der Waals surface area contributed by atoms with Gasteiger partial charge in [0.1, 0.15) is 54.2 Å². The molecule has 10 atom stereocenters. The van der Waals surface area contributed by atoms with Crippen LogP contribution in [0, 0.1) is 6.92 Å². The Bertz CT molecular complexity index is 982. The summed E-state index contributed by atoms with van der Waals surface area (Å²) in [6.45, 7) is 4.02. The summed E-state index contributed by atoms with van der Waals surface area (Å²) in [7, 11) is 0. The third-order valence-corrected chi connectivity index (χ3v) is 6.62. The van der Waals surface area contributed by atoms with E-state index >= 15 is 0 Å². The normalized spacial score (nSPS) is 36.8. The van der Waals surface area contributed by atoms with Crippen LogP contribution in [0.15, 0.2) is 23.8 Å². The highest BCUT2D eigenvalue weighted by atomic mass is 16.7. The lowest BCUT2D eigenvalue weighted by molar-refractivity contribution is -0.318. The van der Waals surface area contributed by atoms with Crippen LogP contribution in [0.25, 0.3) is 0 Å². The van der Waals surface area contributed by atoms with E-state index in [2.05, 4.69) is 0 Å². The van der Waals surface area contributed by atoms with Crippen LogP contribution < -0.4 is 4.74 Å². The first-order valence-electron chi connectivity index (χ1n) is 11.7. The van der Waals surface area contributed by atoms with Crippen LogP contribution in [0.2, 0.25) is 0 Å². The van der Waals surface area contributed by atoms with E-state index in [4.69, 9.17) is 24.1 Å². The zero-order valence-electron chi connectivity index (χ0n) is 20.5. The van der Waals surface area contributed by atoms with Gasteiger partial charge in [-0.1, -0.05) is 6.08 Å². The molecule has 2 saturated heterocycles. The number of aliphatic carboxylic acids is 1. The number of ether oxygens (including phenoxy) is 4. The lowest BCUT2D eigenvalue weighted by Crippen LogP contribution is -2.61. The molecule has 2 fully saturated rings. The number of hydrogen-bond donors (Lipinski definition) is 8. The molecule has 3 rings (SSSR count). The molecule has 37 heavy (non-hydrogen) atoms. The highest BCUT2D eigenvalue weighted by molar-refractivity contribution is 5.85. The highest BCUT2D eigenvalue weighted by Crippen LogP contribution is 2.33. The van der Waals surface area contributed by atoms with E-state index in [1.807, 2.05) is 0 Å². The zero-order chi connectivity index (χ0) is 27.6. The maximum absolute atomic E-state index is 11.2. The molecule has 0 saturated carbocycles. The molecule has 13 nitrogen and oxygen atoms in total. The first-order chi connectivity index (χ1) is 17.3. The third-order valence-electron chi connectivity index (χ3n) is 6.62. The van der Waals surface area contributed by atoms with Crippen molar-refractivity contribution in [1.82, 2.24) is 0 Å². The molecule has 8 N–H and O–H groups in total. The molecule has 0 amide bonds. The minimum absolute atomic E-state index is 0.0665. The number of phenols is 1. The molecule has 2 heterocycles. The molecule has 13 heteroatoms. The van der Waals surface area contributed by atoms with E-state index in [-0.39, 0.29) is 23.5 Å². The average molecular weight is 531 g/mol. The van der Waals surface area contributed by atoms with Gasteiger partial charge in [-0.2, -0.15) is 0 Å². The zero-order valence-corrected chi connectivity index (χ0v) is 20.5. The van der Waals surface area contributed by atoms with E-state index in [0.29, 0.717) is 11.1 Å². The van der Waals surface area contributed by atoms with Crippen molar-refractivity contribution in [3.63, 3.8) is 0 Å². The van der Waals surface area contributed by atoms with E-state index in [1.54, 1.807) is 6.92 Å². The predicted molar refractivity (Wildman–Crippen MR) is 124 cm³/mol. The van der Waals surface area contributed by atoms with Crippen molar-refractivity contribution in [2.24, 2.45) is 0 Å². The molecule has 208 valence electrons. The summed E-state index contributed by atoms with van der Waals surface area (Å²) in [5, 5.41) is 80.4. The van der Waals surface area contributed by atoms with Gasteiger partial charge < -0.3 is 59.8 Å². The van der Waals surface area contributed by atoms with Crippen LogP contribution in [0.4, 0.5) is 0 Å². The van der Waals surface area contributed by atoms with Crippen LogP contribution in [-0.4, -0.2) is 115 Å². The Morgan fingerprint density at radius 2 is 1.57 bits per heavy atom. The van der Waals surface area contributed by atoms with Crippen LogP contribution in [0.5, 0.6) is 11.5 Å². The van der Waals surface area contributed by atoms with Gasteiger partial charge in [-0.05, 0) is 44.9 Å². The Hall–Kier alpha value is -2.33. The molecular formula is C24H34O13. The lowest BCUT2D eigenvalue weighted by Gasteiger charge is -2.42. The van der Waals surface area contributed by atoms with Gasteiger partial charge in [-0.25, -0.2) is 4.79 Å². The number of carboxylic acid groups (broad SMARTS) is 1. The van der Waals surface area contributed by atoms with E-state index in [9.17, 15) is 40.5 Å². The maximum Gasteiger partial charge on any atom is 0.330 e. The number of phenolic OH excluding ortho intramolecular Hbond substituents is 1. The molecular weight excluding hydrogens is 496 g/mol. The van der Waals surface area contributed by atoms with Crippen molar-refractivity contribution in [2.75, 3.05) is 6.61 Å². The molecule has 0 aliphatic carbocycles. The van der Waals surface area contributed by atoms with Crippen molar-refractivity contribution < 1.29 is 64.6 Å². The van der Waals surface area contributed by atoms with Gasteiger partial charge in [-0.3, -0.25) is 0 Å². The summed E-state index contributed by atoms with van der Waals surface area (Å²) < 4.78 is 22.2. The largest absolute Gasteiger partial charge is 0.508 e. The topological polar surface area (TPSA) is 216 Å². The van der Waals surface area contributed by atoms with E-state index < -0.39 is 74.0 Å². The van der Waals surface area contributed by atoms with Gasteiger partial charge in [0.25, 0.3) is 0 Å². The van der Waals surface area contributed by atoms with E-state index in [1.165, 1.54) is 32.1 Å². The number of aliphatic hydroxyl groups excluding tert-OH is 6. The smallest absolute Gasteiger partial charge is 0.330 e. The molecule has 1 aromatic rings. The van der Waals surface area contributed by atoms with Crippen molar-refractivity contribution in [3.8, 4) is 11.5 Å². The Labute approximate surface area is 212 Å². The van der Waals surface area contributed by atoms with Crippen LogP contribution in [0.3, 0.4) is 0 Å². The summed E-state index contributed by atoms with van der Waals surface area (Å²) >= 11 is 0. The van der Waals surface area contributed by atoms with Gasteiger partial charge in [0.05, 0.1) is 12.7 Å². The second-order valence-corrected chi connectivity index (χ2v) is 9.23. The molecule has 0 spiro atoms. The number of rotatable bonds is 8. The Balaban J connectivity index is 1.76. The quantitative estimate of drug-likeness (QED) is 0.176. The van der Waals surface area contributed by atoms with Crippen molar-refractivity contribution >= 4 is 5.97 Å². The van der Waals surface area contributed by atoms with Crippen molar-refractivity contribution in [2.45, 2.75) is 88.6 Å². The van der Waals surface area contributed by atoms with E-state index in [0.717, 1.165) is 0 Å². The minimum atomic E-state index is -1.72. The summed E-state index contributed by atoms with van der Waals surface area (Å²) in [4.78, 5) is 11.2. The Morgan fingerprint density at radius 3 is 2.22 bits per heavy atom. The summed E-state index contributed by atoms with van der Waals surface area (Å²) in [6, 6.07) is 2.73. The highest BCUT2D eigenvalue weighted by Gasteiger charge is 2.47. The van der Waals surface area contributed by atoms with Gasteiger partial charge in [0.15, 0.2) is 6.29 Å². The molecule has 2 aliphatic rings. The number of benzene rings is 1. The van der Waals surface area contributed by atoms with Crippen LogP contribution in [0.1, 0.15) is 25.0 Å². The molecule has 0 bridgehead atoms. The maximum atomic E-state index is 11.2. The van der Waals surface area contributed by atoms with Gasteiger partial charge in [0, 0.05) is 11.1 Å². The predicted octanol–water partition coefficient (Wildman–Crippen LogP) is -1.70. The molecule has 0 unspecified atom stereocenters. The summed E-state index contributed by atoms with van der Waals surface area (Å²) in [6.07, 6.45) is -13.0. The number of allylic oxidation sites excluding steroid dienone is 1. The van der Waals surface area contributed by atoms with Gasteiger partial charge in [0.2, 0.25) is 6.29 Å². The molecule has 0 aromatic heterocycles. The summed E-state index contributed by atoms with van der Waals surface area (Å²) in [5.41, 5.74) is 0.874. The number of carbonyl (C=O) groups is 1. The van der Waals surface area contributed by atoms with Crippen LogP contribution in [-0.2, 0) is 25.4 Å². The summed E-state index contributed by atoms with van der Waals surface area (Å²) in [5.74, 6) is -1.05. The fourth-order valence-corrected chi connectivity index (χ4v) is 4.04. The van der Waals surface area contributed by atoms with Crippen molar-refractivity contribution in [3.05, 3.63) is 34.9 Å². The Kier molecular flexibility index (Phi) is 9.50. The SMILES string of the molecule is C/C(=C\Cc1c(O[C@@H]2O[C@H](CO[C@@H]3O[C@@H](C)[C@H](O)[C@@H](O)[C@H]3O)[C@@H](O)[C@H](O)[C@H]2O)ccc(O)c1C)C(=O)O. The second kappa shape index (κ2) is 12.0.